The lowest BCUT2D eigenvalue weighted by Gasteiger charge is -2.40. The highest BCUT2D eigenvalue weighted by molar-refractivity contribution is 5.76. The number of unbranched alkanes of at least 4 members (excludes halogenated alkanes) is 26. The zero-order valence-corrected chi connectivity index (χ0v) is 39.2. The molecule has 1 amide bonds. The van der Waals surface area contributed by atoms with Crippen LogP contribution in [0.3, 0.4) is 0 Å². The molecular formula is C52H95NO8. The molecule has 1 aliphatic heterocycles. The average Bonchev–Trinajstić information content (AvgIpc) is 3.26. The first-order valence-corrected chi connectivity index (χ1v) is 25.4. The molecule has 1 rings (SSSR count). The van der Waals surface area contributed by atoms with Crippen LogP contribution >= 0.6 is 0 Å². The summed E-state index contributed by atoms with van der Waals surface area (Å²) < 4.78 is 11.2. The van der Waals surface area contributed by atoms with E-state index in [0.29, 0.717) is 6.42 Å². The Bertz CT molecular complexity index is 1090. The van der Waals surface area contributed by atoms with E-state index in [2.05, 4.69) is 55.6 Å². The van der Waals surface area contributed by atoms with Gasteiger partial charge in [-0.15, -0.1) is 0 Å². The van der Waals surface area contributed by atoms with Gasteiger partial charge in [0.25, 0.3) is 0 Å². The maximum Gasteiger partial charge on any atom is 0.220 e. The molecule has 0 radical (unpaired) electrons. The van der Waals surface area contributed by atoms with E-state index in [1.54, 1.807) is 6.08 Å². The molecule has 0 aromatic heterocycles. The Labute approximate surface area is 373 Å². The molecule has 0 aromatic rings. The van der Waals surface area contributed by atoms with E-state index >= 15 is 0 Å². The van der Waals surface area contributed by atoms with Crippen LogP contribution in [0.25, 0.3) is 0 Å². The monoisotopic (exact) mass is 862 g/mol. The van der Waals surface area contributed by atoms with Crippen LogP contribution in [0.1, 0.15) is 219 Å². The number of rotatable bonds is 42. The van der Waals surface area contributed by atoms with Crippen molar-refractivity contribution in [3.8, 4) is 0 Å². The summed E-state index contributed by atoms with van der Waals surface area (Å²) in [5.74, 6) is -0.196. The number of allylic oxidation sites excluding steroid dienone is 7. The average molecular weight is 862 g/mol. The number of carbonyl (C=O) groups is 1. The minimum Gasteiger partial charge on any atom is -0.394 e. The highest BCUT2D eigenvalue weighted by Crippen LogP contribution is 2.22. The van der Waals surface area contributed by atoms with E-state index < -0.39 is 49.5 Å². The van der Waals surface area contributed by atoms with Gasteiger partial charge < -0.3 is 40.3 Å². The van der Waals surface area contributed by atoms with Gasteiger partial charge in [-0.2, -0.15) is 0 Å². The predicted molar refractivity (Wildman–Crippen MR) is 253 cm³/mol. The molecule has 0 aliphatic carbocycles. The molecule has 0 bridgehead atoms. The molecule has 1 aliphatic rings. The van der Waals surface area contributed by atoms with Crippen LogP contribution in [0.5, 0.6) is 0 Å². The summed E-state index contributed by atoms with van der Waals surface area (Å²) in [5.41, 5.74) is 0. The Hall–Kier alpha value is -1.85. The number of amides is 1. The topological polar surface area (TPSA) is 149 Å². The summed E-state index contributed by atoms with van der Waals surface area (Å²) in [4.78, 5) is 13.0. The van der Waals surface area contributed by atoms with Crippen molar-refractivity contribution >= 4 is 5.91 Å². The van der Waals surface area contributed by atoms with Crippen LogP contribution < -0.4 is 5.32 Å². The molecule has 7 atom stereocenters. The maximum absolute atomic E-state index is 13.0. The van der Waals surface area contributed by atoms with Crippen LogP contribution in [0.4, 0.5) is 0 Å². The second kappa shape index (κ2) is 42.1. The molecule has 1 fully saturated rings. The lowest BCUT2D eigenvalue weighted by Crippen LogP contribution is -2.60. The first-order chi connectivity index (χ1) is 29.8. The number of nitrogens with one attached hydrogen (secondary N) is 1. The molecule has 0 saturated carbocycles. The van der Waals surface area contributed by atoms with Crippen molar-refractivity contribution in [3.63, 3.8) is 0 Å². The molecule has 1 saturated heterocycles. The minimum absolute atomic E-state index is 0.196. The third-order valence-corrected chi connectivity index (χ3v) is 11.9. The van der Waals surface area contributed by atoms with E-state index in [-0.39, 0.29) is 12.5 Å². The molecule has 356 valence electrons. The smallest absolute Gasteiger partial charge is 0.220 e. The van der Waals surface area contributed by atoms with Crippen LogP contribution in [0.15, 0.2) is 48.6 Å². The lowest BCUT2D eigenvalue weighted by molar-refractivity contribution is -0.302. The maximum atomic E-state index is 13.0. The van der Waals surface area contributed by atoms with Crippen molar-refractivity contribution in [2.24, 2.45) is 0 Å². The first kappa shape index (κ1) is 57.2. The summed E-state index contributed by atoms with van der Waals surface area (Å²) in [6.07, 6.45) is 47.3. The highest BCUT2D eigenvalue weighted by atomic mass is 16.7. The SMILES string of the molecule is CCCCCCCC/C=C\CCCCCCCCCC(=O)NC(COC1OC(CO)C(O)C(O)C1O)C(O)/C=C/CC/C=C/CC/C=C/CCCCCCCCCCCCC. The molecule has 61 heavy (non-hydrogen) atoms. The Morgan fingerprint density at radius 2 is 0.934 bits per heavy atom. The van der Waals surface area contributed by atoms with Crippen molar-refractivity contribution in [2.45, 2.75) is 262 Å². The Morgan fingerprint density at radius 1 is 0.541 bits per heavy atom. The Balaban J connectivity index is 2.35. The lowest BCUT2D eigenvalue weighted by atomic mass is 9.99. The number of hydrogen-bond donors (Lipinski definition) is 6. The van der Waals surface area contributed by atoms with Crippen LogP contribution in [0.2, 0.25) is 0 Å². The molecule has 6 N–H and O–H groups in total. The number of ether oxygens (including phenoxy) is 2. The summed E-state index contributed by atoms with van der Waals surface area (Å²) in [6, 6.07) is -0.830. The van der Waals surface area contributed by atoms with E-state index in [9.17, 15) is 30.3 Å². The van der Waals surface area contributed by atoms with Gasteiger partial charge in [0.2, 0.25) is 5.91 Å². The predicted octanol–water partition coefficient (Wildman–Crippen LogP) is 11.4. The third kappa shape index (κ3) is 32.5. The summed E-state index contributed by atoms with van der Waals surface area (Å²) in [6.45, 7) is 3.75. The fraction of sp³-hybridized carbons (Fsp3) is 0.827. The number of hydrogen-bond acceptors (Lipinski definition) is 8. The normalized spacial score (nSPS) is 20.8. The van der Waals surface area contributed by atoms with Gasteiger partial charge in [-0.05, 0) is 70.6 Å². The van der Waals surface area contributed by atoms with E-state index in [1.807, 2.05) is 6.08 Å². The minimum atomic E-state index is -1.58. The van der Waals surface area contributed by atoms with E-state index in [4.69, 9.17) is 9.47 Å². The number of aliphatic hydroxyl groups excluding tert-OH is 5. The first-order valence-electron chi connectivity index (χ1n) is 25.4. The fourth-order valence-corrected chi connectivity index (χ4v) is 7.77. The second-order valence-electron chi connectivity index (χ2n) is 17.6. The van der Waals surface area contributed by atoms with Gasteiger partial charge >= 0.3 is 0 Å². The zero-order valence-electron chi connectivity index (χ0n) is 39.2. The van der Waals surface area contributed by atoms with Gasteiger partial charge in [-0.3, -0.25) is 4.79 Å². The van der Waals surface area contributed by atoms with Crippen LogP contribution in [-0.4, -0.2) is 87.5 Å². The van der Waals surface area contributed by atoms with Crippen LogP contribution in [-0.2, 0) is 14.3 Å². The quantitative estimate of drug-likeness (QED) is 0.0262. The van der Waals surface area contributed by atoms with Crippen molar-refractivity contribution in [1.29, 1.82) is 0 Å². The van der Waals surface area contributed by atoms with Gasteiger partial charge in [-0.1, -0.05) is 191 Å². The van der Waals surface area contributed by atoms with Gasteiger partial charge in [0, 0.05) is 6.42 Å². The Morgan fingerprint density at radius 3 is 1.38 bits per heavy atom. The van der Waals surface area contributed by atoms with Crippen LogP contribution in [0, 0.1) is 0 Å². The van der Waals surface area contributed by atoms with Gasteiger partial charge in [0.15, 0.2) is 6.29 Å². The van der Waals surface area contributed by atoms with Crippen molar-refractivity contribution < 1.29 is 39.8 Å². The van der Waals surface area contributed by atoms with Gasteiger partial charge in [0.1, 0.15) is 24.4 Å². The standard InChI is InChI=1S/C52H95NO8/c1-3-5-7-9-11-13-15-17-19-21-22-23-24-26-27-29-31-33-35-37-39-41-46(55)45(44-60-52-51(59)50(58)49(57)47(43-54)61-52)53-48(56)42-40-38-36-34-32-30-28-25-20-18-16-14-12-10-8-6-4-2/h18,20,24,26,31,33,39,41,45-47,49-52,54-55,57-59H,3-17,19,21-23,25,27-30,32,34-38,40,42-44H2,1-2H3,(H,53,56)/b20-18-,26-24+,33-31+,41-39+. The fourth-order valence-electron chi connectivity index (χ4n) is 7.77. The molecule has 0 aromatic carbocycles. The molecule has 1 heterocycles. The Kier molecular flexibility index (Phi) is 39.5. The molecular weight excluding hydrogens is 767 g/mol. The number of aliphatic hydroxyl groups is 5. The van der Waals surface area contributed by atoms with E-state index in [0.717, 1.165) is 57.8 Å². The summed E-state index contributed by atoms with van der Waals surface area (Å²) in [7, 11) is 0. The van der Waals surface area contributed by atoms with Crippen molar-refractivity contribution in [1.82, 2.24) is 5.32 Å². The molecule has 7 unspecified atom stereocenters. The van der Waals surface area contributed by atoms with Gasteiger partial charge in [-0.25, -0.2) is 0 Å². The highest BCUT2D eigenvalue weighted by Gasteiger charge is 2.44. The third-order valence-electron chi connectivity index (χ3n) is 11.9. The largest absolute Gasteiger partial charge is 0.394 e. The zero-order chi connectivity index (χ0) is 44.4. The second-order valence-corrected chi connectivity index (χ2v) is 17.6. The molecule has 9 heteroatoms. The van der Waals surface area contributed by atoms with Crippen molar-refractivity contribution in [3.05, 3.63) is 48.6 Å². The number of carbonyl (C=O) groups excluding carboxylic acids is 1. The van der Waals surface area contributed by atoms with Crippen molar-refractivity contribution in [2.75, 3.05) is 13.2 Å². The summed E-state index contributed by atoms with van der Waals surface area (Å²) >= 11 is 0. The molecule has 0 spiro atoms. The van der Waals surface area contributed by atoms with E-state index in [1.165, 1.54) is 141 Å². The summed E-state index contributed by atoms with van der Waals surface area (Å²) in [5, 5.41) is 54.3. The van der Waals surface area contributed by atoms with Gasteiger partial charge in [0.05, 0.1) is 25.4 Å². The molecule has 9 nitrogen and oxygen atoms in total.